The zero-order valence-electron chi connectivity index (χ0n) is 18.1. The first kappa shape index (κ1) is 21.7. The standard InChI is InChI=1S/C25H25F3N4O/c26-25(27,28)22-23(30-21-10-4-3-9-20(21)29-22)32-14-12-17(13-15-32)24(33)31-19-11-5-7-16-6-1-2-8-18(16)19/h1-4,6,8-10,17,19H,5,7,11-15H2,(H,31,33)/t19-/m0/s1. The van der Waals surface area contributed by atoms with Crippen molar-refractivity contribution >= 4 is 22.8 Å². The van der Waals surface area contributed by atoms with Crippen molar-refractivity contribution in [2.45, 2.75) is 44.3 Å². The number of carbonyl (C=O) groups is 1. The van der Waals surface area contributed by atoms with Gasteiger partial charge < -0.3 is 10.2 Å². The Morgan fingerprint density at radius 1 is 0.939 bits per heavy atom. The number of benzene rings is 2. The summed E-state index contributed by atoms with van der Waals surface area (Å²) in [7, 11) is 0. The third-order valence-electron chi connectivity index (χ3n) is 6.67. The SMILES string of the molecule is O=C(N[C@H]1CCCc2ccccc21)C1CCN(c2nc3ccccc3nc2C(F)(F)F)CC1. The molecule has 5 rings (SSSR count). The molecule has 3 aromatic rings. The highest BCUT2D eigenvalue weighted by Crippen LogP contribution is 2.37. The fourth-order valence-corrected chi connectivity index (χ4v) is 4.95. The Kier molecular flexibility index (Phi) is 5.68. The van der Waals surface area contributed by atoms with E-state index in [1.807, 2.05) is 12.1 Å². The lowest BCUT2D eigenvalue weighted by atomic mass is 9.87. The minimum Gasteiger partial charge on any atom is -0.355 e. The summed E-state index contributed by atoms with van der Waals surface area (Å²) in [4.78, 5) is 22.8. The second kappa shape index (κ2) is 8.65. The second-order valence-corrected chi connectivity index (χ2v) is 8.80. The predicted octanol–water partition coefficient (Wildman–Crippen LogP) is 5.06. The van der Waals surface area contributed by atoms with Gasteiger partial charge in [0.25, 0.3) is 0 Å². The van der Waals surface area contributed by atoms with E-state index in [9.17, 15) is 18.0 Å². The van der Waals surface area contributed by atoms with Gasteiger partial charge in [-0.3, -0.25) is 4.79 Å². The number of amides is 1. The van der Waals surface area contributed by atoms with Gasteiger partial charge in [-0.25, -0.2) is 9.97 Å². The van der Waals surface area contributed by atoms with E-state index in [1.54, 1.807) is 23.1 Å². The van der Waals surface area contributed by atoms with Crippen LogP contribution in [0.15, 0.2) is 48.5 Å². The van der Waals surface area contributed by atoms with Gasteiger partial charge in [0, 0.05) is 19.0 Å². The number of halogens is 3. The summed E-state index contributed by atoms with van der Waals surface area (Å²) in [6.07, 6.45) is -0.688. The van der Waals surface area contributed by atoms with E-state index in [0.29, 0.717) is 31.4 Å². The van der Waals surface area contributed by atoms with E-state index in [4.69, 9.17) is 0 Å². The Morgan fingerprint density at radius 3 is 2.33 bits per heavy atom. The topological polar surface area (TPSA) is 58.1 Å². The molecule has 1 saturated heterocycles. The first-order chi connectivity index (χ1) is 15.9. The van der Waals surface area contributed by atoms with Gasteiger partial charge in [0.1, 0.15) is 0 Å². The number of nitrogens with zero attached hydrogens (tertiary/aromatic N) is 3. The molecule has 1 N–H and O–H groups in total. The maximum atomic E-state index is 13.7. The van der Waals surface area contributed by atoms with Crippen molar-refractivity contribution < 1.29 is 18.0 Å². The van der Waals surface area contributed by atoms with Crippen LogP contribution in [0.5, 0.6) is 0 Å². The van der Waals surface area contributed by atoms with E-state index in [2.05, 4.69) is 27.4 Å². The van der Waals surface area contributed by atoms with Gasteiger partial charge in [-0.1, -0.05) is 36.4 Å². The van der Waals surface area contributed by atoms with E-state index < -0.39 is 11.9 Å². The number of para-hydroxylation sites is 2. The fourth-order valence-electron chi connectivity index (χ4n) is 4.95. The minimum absolute atomic E-state index is 0.00339. The summed E-state index contributed by atoms with van der Waals surface area (Å²) in [6.45, 7) is 0.658. The molecule has 1 aromatic heterocycles. The summed E-state index contributed by atoms with van der Waals surface area (Å²) >= 11 is 0. The molecular formula is C25H25F3N4O. The summed E-state index contributed by atoms with van der Waals surface area (Å²) in [5.41, 5.74) is 2.13. The van der Waals surface area contributed by atoms with Gasteiger partial charge in [0.15, 0.2) is 11.5 Å². The molecule has 8 heteroatoms. The minimum atomic E-state index is -4.60. The Morgan fingerprint density at radius 2 is 1.61 bits per heavy atom. The number of carbonyl (C=O) groups excluding carboxylic acids is 1. The van der Waals surface area contributed by atoms with Gasteiger partial charge in [0.2, 0.25) is 5.91 Å². The maximum Gasteiger partial charge on any atom is 0.437 e. The van der Waals surface area contributed by atoms with Crippen LogP contribution >= 0.6 is 0 Å². The number of anilines is 1. The number of hydrogen-bond acceptors (Lipinski definition) is 4. The van der Waals surface area contributed by atoms with Gasteiger partial charge >= 0.3 is 6.18 Å². The van der Waals surface area contributed by atoms with Crippen molar-refractivity contribution in [2.75, 3.05) is 18.0 Å². The Balaban J connectivity index is 1.30. The predicted molar refractivity (Wildman–Crippen MR) is 120 cm³/mol. The van der Waals surface area contributed by atoms with Crippen LogP contribution in [0.25, 0.3) is 11.0 Å². The average molecular weight is 454 g/mol. The van der Waals surface area contributed by atoms with E-state index in [-0.39, 0.29) is 29.2 Å². The number of aromatic nitrogens is 2. The van der Waals surface area contributed by atoms with E-state index in [0.717, 1.165) is 19.3 Å². The number of rotatable bonds is 3. The average Bonchev–Trinajstić information content (AvgIpc) is 2.83. The lowest BCUT2D eigenvalue weighted by Crippen LogP contribution is -2.43. The van der Waals surface area contributed by atoms with Crippen molar-refractivity contribution in [1.29, 1.82) is 0 Å². The van der Waals surface area contributed by atoms with Crippen LogP contribution in [0, 0.1) is 5.92 Å². The molecule has 172 valence electrons. The van der Waals surface area contributed by atoms with Crippen LogP contribution in [-0.2, 0) is 17.4 Å². The summed E-state index contributed by atoms with van der Waals surface area (Å²) in [5, 5.41) is 3.19. The zero-order chi connectivity index (χ0) is 23.0. The van der Waals surface area contributed by atoms with E-state index >= 15 is 0 Å². The molecule has 1 atom stereocenters. The van der Waals surface area contributed by atoms with E-state index in [1.165, 1.54) is 17.2 Å². The third kappa shape index (κ3) is 4.38. The monoisotopic (exact) mass is 454 g/mol. The highest BCUT2D eigenvalue weighted by molar-refractivity contribution is 5.80. The Labute approximate surface area is 190 Å². The number of hydrogen-bond donors (Lipinski definition) is 1. The summed E-state index contributed by atoms with van der Waals surface area (Å²) in [5.74, 6) is -0.392. The molecule has 1 amide bonds. The first-order valence-electron chi connectivity index (χ1n) is 11.4. The molecule has 0 bridgehead atoms. The molecule has 0 spiro atoms. The van der Waals surface area contributed by atoms with Crippen LogP contribution in [0.4, 0.5) is 19.0 Å². The quantitative estimate of drug-likeness (QED) is 0.601. The maximum absolute atomic E-state index is 13.7. The molecule has 5 nitrogen and oxygen atoms in total. The van der Waals surface area contributed by atoms with Crippen LogP contribution in [0.2, 0.25) is 0 Å². The molecule has 1 fully saturated rings. The lowest BCUT2D eigenvalue weighted by molar-refractivity contribution is -0.140. The zero-order valence-corrected chi connectivity index (χ0v) is 18.1. The number of nitrogens with one attached hydrogen (secondary N) is 1. The normalized spacial score (nSPS) is 19.4. The van der Waals surface area contributed by atoms with Gasteiger partial charge in [-0.15, -0.1) is 0 Å². The molecule has 1 aliphatic carbocycles. The molecule has 2 aliphatic rings. The third-order valence-corrected chi connectivity index (χ3v) is 6.67. The van der Waals surface area contributed by atoms with Gasteiger partial charge in [-0.2, -0.15) is 13.2 Å². The van der Waals surface area contributed by atoms with Crippen molar-refractivity contribution in [2.24, 2.45) is 5.92 Å². The Bertz CT molecular complexity index is 1170. The van der Waals surface area contributed by atoms with Gasteiger partial charge in [-0.05, 0) is 55.4 Å². The first-order valence-corrected chi connectivity index (χ1v) is 11.4. The van der Waals surface area contributed by atoms with Crippen LogP contribution in [-0.4, -0.2) is 29.0 Å². The molecule has 0 radical (unpaired) electrons. The number of aryl methyl sites for hydroxylation is 1. The summed E-state index contributed by atoms with van der Waals surface area (Å²) in [6, 6.07) is 14.8. The Hall–Kier alpha value is -3.16. The number of alkyl halides is 3. The molecule has 0 saturated carbocycles. The molecule has 2 aromatic carbocycles. The van der Waals surface area contributed by atoms with Gasteiger partial charge in [0.05, 0.1) is 17.1 Å². The highest BCUT2D eigenvalue weighted by atomic mass is 19.4. The van der Waals surface area contributed by atoms with Crippen molar-refractivity contribution in [1.82, 2.24) is 15.3 Å². The second-order valence-electron chi connectivity index (χ2n) is 8.80. The molecule has 33 heavy (non-hydrogen) atoms. The lowest BCUT2D eigenvalue weighted by Gasteiger charge is -2.34. The molecular weight excluding hydrogens is 429 g/mol. The number of piperidine rings is 1. The molecule has 1 aliphatic heterocycles. The highest BCUT2D eigenvalue weighted by Gasteiger charge is 2.39. The van der Waals surface area contributed by atoms with Crippen LogP contribution in [0.3, 0.4) is 0 Å². The van der Waals surface area contributed by atoms with Crippen LogP contribution in [0.1, 0.15) is 48.5 Å². The van der Waals surface area contributed by atoms with Crippen molar-refractivity contribution in [3.8, 4) is 0 Å². The number of fused-ring (bicyclic) bond motifs is 2. The molecule has 0 unspecified atom stereocenters. The largest absolute Gasteiger partial charge is 0.437 e. The molecule has 2 heterocycles. The van der Waals surface area contributed by atoms with Crippen LogP contribution < -0.4 is 10.2 Å². The summed E-state index contributed by atoms with van der Waals surface area (Å²) < 4.78 is 41.2. The fraction of sp³-hybridized carbons (Fsp3) is 0.400. The van der Waals surface area contributed by atoms with Crippen molar-refractivity contribution in [3.05, 3.63) is 65.4 Å². The van der Waals surface area contributed by atoms with Crippen molar-refractivity contribution in [3.63, 3.8) is 0 Å². The smallest absolute Gasteiger partial charge is 0.355 e.